The fourth-order valence-electron chi connectivity index (χ4n) is 4.76. The molecule has 0 saturated heterocycles. The number of aliphatic hydroxyl groups is 1. The standard InChI is InChI=1S/C14H20O3/c1-2-12(15)17-13(16)14-6-9-3-10(7-14)5-11(4-9)8-14/h2,9-11,13,16H,1,3-8H2. The number of esters is 1. The van der Waals surface area contributed by atoms with E-state index in [9.17, 15) is 9.90 Å². The van der Waals surface area contributed by atoms with Gasteiger partial charge >= 0.3 is 5.97 Å². The molecule has 0 aromatic rings. The molecule has 3 heteroatoms. The number of ether oxygens (including phenoxy) is 1. The van der Waals surface area contributed by atoms with E-state index in [1.165, 1.54) is 19.3 Å². The highest BCUT2D eigenvalue weighted by atomic mass is 16.6. The summed E-state index contributed by atoms with van der Waals surface area (Å²) in [5, 5.41) is 10.2. The maximum atomic E-state index is 11.2. The minimum Gasteiger partial charge on any atom is -0.432 e. The van der Waals surface area contributed by atoms with Crippen LogP contribution in [0, 0.1) is 23.2 Å². The van der Waals surface area contributed by atoms with Gasteiger partial charge in [0.2, 0.25) is 6.29 Å². The zero-order valence-corrected chi connectivity index (χ0v) is 10.1. The smallest absolute Gasteiger partial charge is 0.332 e. The van der Waals surface area contributed by atoms with Crippen molar-refractivity contribution in [3.63, 3.8) is 0 Å². The van der Waals surface area contributed by atoms with E-state index in [1.54, 1.807) is 0 Å². The summed E-state index contributed by atoms with van der Waals surface area (Å²) in [6.45, 7) is 3.37. The van der Waals surface area contributed by atoms with Crippen molar-refractivity contribution in [1.29, 1.82) is 0 Å². The van der Waals surface area contributed by atoms with Crippen molar-refractivity contribution in [1.82, 2.24) is 0 Å². The third-order valence-corrected chi connectivity index (χ3v) is 5.00. The monoisotopic (exact) mass is 236 g/mol. The summed E-state index contributed by atoms with van der Waals surface area (Å²) in [5.74, 6) is 1.74. The Kier molecular flexibility index (Phi) is 2.54. The largest absolute Gasteiger partial charge is 0.432 e. The maximum Gasteiger partial charge on any atom is 0.332 e. The SMILES string of the molecule is C=CC(=O)OC(O)C12CC3CC(CC(C3)C1)C2. The number of hydrogen-bond acceptors (Lipinski definition) is 3. The van der Waals surface area contributed by atoms with E-state index >= 15 is 0 Å². The molecule has 4 bridgehead atoms. The van der Waals surface area contributed by atoms with Crippen LogP contribution in [-0.2, 0) is 9.53 Å². The first-order valence-corrected chi connectivity index (χ1v) is 6.62. The van der Waals surface area contributed by atoms with Crippen molar-refractivity contribution >= 4 is 5.97 Å². The van der Waals surface area contributed by atoms with Crippen LogP contribution in [0.15, 0.2) is 12.7 Å². The van der Waals surface area contributed by atoms with Crippen LogP contribution in [0.2, 0.25) is 0 Å². The molecule has 17 heavy (non-hydrogen) atoms. The fraction of sp³-hybridized carbons (Fsp3) is 0.786. The molecule has 4 rings (SSSR count). The van der Waals surface area contributed by atoms with Crippen LogP contribution >= 0.6 is 0 Å². The van der Waals surface area contributed by atoms with Crippen LogP contribution in [0.25, 0.3) is 0 Å². The lowest BCUT2D eigenvalue weighted by Crippen LogP contribution is -2.52. The minimum absolute atomic E-state index is 0.145. The van der Waals surface area contributed by atoms with Crippen LogP contribution in [0.4, 0.5) is 0 Å². The molecule has 1 N–H and O–H groups in total. The molecule has 4 fully saturated rings. The Bertz CT molecular complexity index is 312. The first kappa shape index (κ1) is 11.3. The lowest BCUT2D eigenvalue weighted by atomic mass is 9.49. The zero-order chi connectivity index (χ0) is 12.0. The molecule has 0 heterocycles. The van der Waals surface area contributed by atoms with Gasteiger partial charge in [0, 0.05) is 11.5 Å². The molecule has 4 saturated carbocycles. The number of carbonyl (C=O) groups is 1. The van der Waals surface area contributed by atoms with E-state index in [-0.39, 0.29) is 5.41 Å². The molecule has 3 nitrogen and oxygen atoms in total. The average molecular weight is 236 g/mol. The summed E-state index contributed by atoms with van der Waals surface area (Å²) in [5.41, 5.74) is -0.145. The topological polar surface area (TPSA) is 46.5 Å². The van der Waals surface area contributed by atoms with Gasteiger partial charge in [-0.25, -0.2) is 4.79 Å². The number of rotatable bonds is 3. The molecule has 0 spiro atoms. The van der Waals surface area contributed by atoms with Gasteiger partial charge in [-0.15, -0.1) is 0 Å². The van der Waals surface area contributed by atoms with Gasteiger partial charge in [0.05, 0.1) is 0 Å². The van der Waals surface area contributed by atoms with Crippen molar-refractivity contribution in [2.75, 3.05) is 0 Å². The van der Waals surface area contributed by atoms with E-state index in [1.807, 2.05) is 0 Å². The average Bonchev–Trinajstić information content (AvgIpc) is 2.26. The van der Waals surface area contributed by atoms with Crippen LogP contribution < -0.4 is 0 Å². The van der Waals surface area contributed by atoms with E-state index < -0.39 is 12.3 Å². The van der Waals surface area contributed by atoms with Crippen LogP contribution in [-0.4, -0.2) is 17.4 Å². The molecule has 4 aliphatic carbocycles. The third-order valence-electron chi connectivity index (χ3n) is 5.00. The Labute approximate surface area is 102 Å². The highest BCUT2D eigenvalue weighted by Crippen LogP contribution is 2.61. The van der Waals surface area contributed by atoms with Gasteiger partial charge in [-0.1, -0.05) is 6.58 Å². The summed E-state index contributed by atoms with van der Waals surface area (Å²) in [4.78, 5) is 11.2. The second kappa shape index (κ2) is 3.84. The van der Waals surface area contributed by atoms with E-state index in [4.69, 9.17) is 4.74 Å². The predicted molar refractivity (Wildman–Crippen MR) is 62.9 cm³/mol. The second-order valence-corrected chi connectivity index (χ2v) is 6.27. The molecule has 94 valence electrons. The molecule has 1 atom stereocenters. The van der Waals surface area contributed by atoms with Gasteiger partial charge in [-0.2, -0.15) is 0 Å². The van der Waals surface area contributed by atoms with E-state index in [0.717, 1.165) is 43.1 Å². The summed E-state index contributed by atoms with van der Waals surface area (Å²) in [6, 6.07) is 0. The minimum atomic E-state index is -0.929. The lowest BCUT2D eigenvalue weighted by Gasteiger charge is -2.57. The quantitative estimate of drug-likeness (QED) is 0.464. The highest BCUT2D eigenvalue weighted by Gasteiger charge is 2.55. The molecular formula is C14H20O3. The van der Waals surface area contributed by atoms with Crippen molar-refractivity contribution in [2.24, 2.45) is 23.2 Å². The number of aliphatic hydroxyl groups excluding tert-OH is 1. The first-order valence-electron chi connectivity index (χ1n) is 6.62. The molecule has 0 aromatic heterocycles. The van der Waals surface area contributed by atoms with Gasteiger partial charge in [-0.05, 0) is 56.3 Å². The zero-order valence-electron chi connectivity index (χ0n) is 10.1. The van der Waals surface area contributed by atoms with Gasteiger partial charge < -0.3 is 9.84 Å². The molecule has 4 aliphatic rings. The van der Waals surface area contributed by atoms with Gasteiger partial charge in [-0.3, -0.25) is 0 Å². The van der Waals surface area contributed by atoms with Crippen LogP contribution in [0.3, 0.4) is 0 Å². The summed E-state index contributed by atoms with van der Waals surface area (Å²) < 4.78 is 5.08. The predicted octanol–water partition coefficient (Wildman–Crippen LogP) is 2.25. The highest BCUT2D eigenvalue weighted by molar-refractivity contribution is 5.81. The van der Waals surface area contributed by atoms with Crippen molar-refractivity contribution < 1.29 is 14.6 Å². The first-order chi connectivity index (χ1) is 8.11. The lowest BCUT2D eigenvalue weighted by molar-refractivity contribution is -0.223. The van der Waals surface area contributed by atoms with Crippen molar-refractivity contribution in [3.05, 3.63) is 12.7 Å². The molecule has 0 amide bonds. The summed E-state index contributed by atoms with van der Waals surface area (Å²) in [6.07, 6.45) is 7.26. The molecular weight excluding hydrogens is 216 g/mol. The Hall–Kier alpha value is -0.830. The Morgan fingerprint density at radius 2 is 1.71 bits per heavy atom. The molecule has 1 unspecified atom stereocenters. The van der Waals surface area contributed by atoms with Crippen molar-refractivity contribution in [2.45, 2.75) is 44.8 Å². The maximum absolute atomic E-state index is 11.2. The Morgan fingerprint density at radius 1 is 1.24 bits per heavy atom. The molecule has 0 aromatic carbocycles. The normalized spacial score (nSPS) is 44.4. The van der Waals surface area contributed by atoms with E-state index in [2.05, 4.69) is 6.58 Å². The summed E-state index contributed by atoms with van der Waals surface area (Å²) >= 11 is 0. The Balaban J connectivity index is 1.77. The van der Waals surface area contributed by atoms with Crippen LogP contribution in [0.5, 0.6) is 0 Å². The second-order valence-electron chi connectivity index (χ2n) is 6.27. The Morgan fingerprint density at radius 3 is 2.12 bits per heavy atom. The third kappa shape index (κ3) is 1.81. The van der Waals surface area contributed by atoms with Crippen molar-refractivity contribution in [3.8, 4) is 0 Å². The van der Waals surface area contributed by atoms with Gasteiger partial charge in [0.1, 0.15) is 0 Å². The fourth-order valence-corrected chi connectivity index (χ4v) is 4.76. The van der Waals surface area contributed by atoms with Gasteiger partial charge in [0.15, 0.2) is 0 Å². The van der Waals surface area contributed by atoms with Crippen LogP contribution in [0.1, 0.15) is 38.5 Å². The molecule has 0 aliphatic heterocycles. The number of hydrogen-bond donors (Lipinski definition) is 1. The van der Waals surface area contributed by atoms with E-state index in [0.29, 0.717) is 0 Å². The number of carbonyl (C=O) groups excluding carboxylic acids is 1. The molecule has 0 radical (unpaired) electrons. The van der Waals surface area contributed by atoms with Gasteiger partial charge in [0.25, 0.3) is 0 Å². The summed E-state index contributed by atoms with van der Waals surface area (Å²) in [7, 11) is 0.